The number of para-hydroxylation sites is 1. The van der Waals surface area contributed by atoms with Crippen LogP contribution in [0, 0.1) is 0 Å². The predicted octanol–water partition coefficient (Wildman–Crippen LogP) is 3.37. The molecular formula is C21H21NO4. The topological polar surface area (TPSA) is 55.8 Å². The number of rotatable bonds is 2. The number of carbonyl (C=O) groups is 2. The first-order valence-electron chi connectivity index (χ1n) is 8.74. The second-order valence-corrected chi connectivity index (χ2v) is 7.02. The van der Waals surface area contributed by atoms with Gasteiger partial charge in [0.2, 0.25) is 0 Å². The number of allylic oxidation sites excluding steroid dienone is 3. The molecule has 0 amide bonds. The fourth-order valence-corrected chi connectivity index (χ4v) is 4.45. The third-order valence-electron chi connectivity index (χ3n) is 5.59. The molecule has 1 aromatic carbocycles. The van der Waals surface area contributed by atoms with Gasteiger partial charge in [-0.3, -0.25) is 0 Å². The zero-order valence-electron chi connectivity index (χ0n) is 15.2. The standard InChI is InChI=1S/C21H21NO4/c1-21-10-6-7-13-11-14(19(23)25-2)12-17(20(24)26-3)22(18(13)21)16-9-5-4-8-15(16)21/h4-5,8-9,11-12H,6-7,10H2,1-3H3. The van der Waals surface area contributed by atoms with E-state index in [1.807, 2.05) is 29.2 Å². The molecule has 1 aromatic rings. The summed E-state index contributed by atoms with van der Waals surface area (Å²) in [4.78, 5) is 26.8. The Bertz CT molecular complexity index is 908. The van der Waals surface area contributed by atoms with Gasteiger partial charge < -0.3 is 14.4 Å². The van der Waals surface area contributed by atoms with Crippen molar-refractivity contribution in [1.82, 2.24) is 0 Å². The van der Waals surface area contributed by atoms with Crippen LogP contribution >= 0.6 is 0 Å². The van der Waals surface area contributed by atoms with E-state index in [-0.39, 0.29) is 5.41 Å². The third-order valence-corrected chi connectivity index (χ3v) is 5.59. The van der Waals surface area contributed by atoms with Crippen LogP contribution in [0.1, 0.15) is 31.7 Å². The number of nitrogens with zero attached hydrogens (tertiary/aromatic N) is 1. The van der Waals surface area contributed by atoms with Gasteiger partial charge in [0.05, 0.1) is 25.5 Å². The Morgan fingerprint density at radius 2 is 1.81 bits per heavy atom. The summed E-state index contributed by atoms with van der Waals surface area (Å²) in [5.41, 5.74) is 4.83. The first-order valence-corrected chi connectivity index (χ1v) is 8.74. The second-order valence-electron chi connectivity index (χ2n) is 7.02. The van der Waals surface area contributed by atoms with Crippen LogP contribution in [0.3, 0.4) is 0 Å². The van der Waals surface area contributed by atoms with Crippen LogP contribution in [0.15, 0.2) is 59.0 Å². The third kappa shape index (κ3) is 2.16. The van der Waals surface area contributed by atoms with Crippen molar-refractivity contribution in [3.05, 3.63) is 64.5 Å². The molecule has 0 bridgehead atoms. The molecule has 1 unspecified atom stereocenters. The SMILES string of the molecule is COC(=O)C1=CC2=C3N(C(C(=O)OC)=C1)c1ccccc1C3(C)CCC2. The fraction of sp³-hybridized carbons (Fsp3) is 0.333. The quantitative estimate of drug-likeness (QED) is 0.765. The van der Waals surface area contributed by atoms with Crippen LogP contribution in [-0.2, 0) is 24.5 Å². The highest BCUT2D eigenvalue weighted by atomic mass is 16.5. The van der Waals surface area contributed by atoms with E-state index < -0.39 is 11.9 Å². The Labute approximate surface area is 152 Å². The van der Waals surface area contributed by atoms with Crippen LogP contribution in [0.5, 0.6) is 0 Å². The monoisotopic (exact) mass is 351 g/mol. The van der Waals surface area contributed by atoms with Gasteiger partial charge in [-0.2, -0.15) is 0 Å². The van der Waals surface area contributed by atoms with E-state index in [1.54, 1.807) is 6.08 Å². The van der Waals surface area contributed by atoms with Crippen molar-refractivity contribution in [1.29, 1.82) is 0 Å². The Morgan fingerprint density at radius 3 is 2.54 bits per heavy atom. The van der Waals surface area contributed by atoms with Crippen LogP contribution in [-0.4, -0.2) is 26.2 Å². The Hall–Kier alpha value is -2.82. The lowest BCUT2D eigenvalue weighted by Crippen LogP contribution is -2.33. The molecular weight excluding hydrogens is 330 g/mol. The van der Waals surface area contributed by atoms with Gasteiger partial charge in [-0.05, 0) is 55.5 Å². The molecule has 5 heteroatoms. The van der Waals surface area contributed by atoms with Gasteiger partial charge in [-0.25, -0.2) is 9.59 Å². The van der Waals surface area contributed by atoms with Gasteiger partial charge >= 0.3 is 11.9 Å². The number of fused-ring (bicyclic) bond motifs is 3. The molecule has 1 atom stereocenters. The normalized spacial score (nSPS) is 23.4. The summed E-state index contributed by atoms with van der Waals surface area (Å²) in [6.45, 7) is 2.21. The number of hydrogen-bond acceptors (Lipinski definition) is 5. The molecule has 26 heavy (non-hydrogen) atoms. The number of carbonyl (C=O) groups excluding carboxylic acids is 2. The van der Waals surface area contributed by atoms with Gasteiger partial charge in [0.1, 0.15) is 5.70 Å². The Morgan fingerprint density at radius 1 is 1.08 bits per heavy atom. The highest BCUT2D eigenvalue weighted by Gasteiger charge is 2.49. The first-order chi connectivity index (χ1) is 12.5. The van der Waals surface area contributed by atoms with Gasteiger partial charge in [0.25, 0.3) is 0 Å². The van der Waals surface area contributed by atoms with Gasteiger partial charge in [0, 0.05) is 11.1 Å². The van der Waals surface area contributed by atoms with Gasteiger partial charge in [-0.15, -0.1) is 0 Å². The number of methoxy groups -OCH3 is 2. The maximum atomic E-state index is 12.6. The van der Waals surface area contributed by atoms with Gasteiger partial charge in [-0.1, -0.05) is 18.2 Å². The number of benzene rings is 1. The summed E-state index contributed by atoms with van der Waals surface area (Å²) in [6, 6.07) is 8.14. The highest BCUT2D eigenvalue weighted by molar-refractivity contribution is 6.02. The predicted molar refractivity (Wildman–Crippen MR) is 97.3 cm³/mol. The van der Waals surface area contributed by atoms with Crippen LogP contribution in [0.2, 0.25) is 0 Å². The van der Waals surface area contributed by atoms with Crippen molar-refractivity contribution in [3.8, 4) is 0 Å². The van der Waals surface area contributed by atoms with E-state index in [0.29, 0.717) is 11.3 Å². The minimum Gasteiger partial charge on any atom is -0.465 e. The maximum absolute atomic E-state index is 12.6. The number of esters is 2. The van der Waals surface area contributed by atoms with Crippen molar-refractivity contribution in [2.75, 3.05) is 19.1 Å². The molecule has 0 aromatic heterocycles. The van der Waals surface area contributed by atoms with E-state index in [9.17, 15) is 9.59 Å². The van der Waals surface area contributed by atoms with Crippen LogP contribution < -0.4 is 4.90 Å². The average molecular weight is 351 g/mol. The zero-order chi connectivity index (χ0) is 18.5. The molecule has 2 aliphatic heterocycles. The zero-order valence-corrected chi connectivity index (χ0v) is 15.2. The molecule has 1 aliphatic carbocycles. The number of anilines is 1. The molecule has 0 N–H and O–H groups in total. The van der Waals surface area contributed by atoms with E-state index in [2.05, 4.69) is 13.0 Å². The summed E-state index contributed by atoms with van der Waals surface area (Å²) < 4.78 is 9.95. The molecule has 3 aliphatic rings. The molecule has 134 valence electrons. The summed E-state index contributed by atoms with van der Waals surface area (Å²) in [6.07, 6.45) is 6.33. The minimum absolute atomic E-state index is 0.195. The van der Waals surface area contributed by atoms with Crippen molar-refractivity contribution in [3.63, 3.8) is 0 Å². The number of hydrogen-bond donors (Lipinski definition) is 0. The summed E-state index contributed by atoms with van der Waals surface area (Å²) >= 11 is 0. The molecule has 0 saturated carbocycles. The van der Waals surface area contributed by atoms with E-state index >= 15 is 0 Å². The average Bonchev–Trinajstić information content (AvgIpc) is 2.81. The molecule has 5 nitrogen and oxygen atoms in total. The fourth-order valence-electron chi connectivity index (χ4n) is 4.45. The lowest BCUT2D eigenvalue weighted by atomic mass is 9.72. The largest absolute Gasteiger partial charge is 0.465 e. The molecule has 0 saturated heterocycles. The van der Waals surface area contributed by atoms with Crippen LogP contribution in [0.4, 0.5) is 5.69 Å². The first kappa shape index (κ1) is 16.6. The second kappa shape index (κ2) is 5.87. The molecule has 2 heterocycles. The lowest BCUT2D eigenvalue weighted by Gasteiger charge is -2.35. The Kier molecular flexibility index (Phi) is 3.75. The molecule has 0 spiro atoms. The summed E-state index contributed by atoms with van der Waals surface area (Å²) in [7, 11) is 2.70. The maximum Gasteiger partial charge on any atom is 0.355 e. The highest BCUT2D eigenvalue weighted by Crippen LogP contribution is 2.56. The van der Waals surface area contributed by atoms with Crippen molar-refractivity contribution in [2.24, 2.45) is 0 Å². The molecule has 4 rings (SSSR count). The Balaban J connectivity index is 2.04. The van der Waals surface area contributed by atoms with Crippen molar-refractivity contribution >= 4 is 17.6 Å². The number of ether oxygens (including phenoxy) is 2. The van der Waals surface area contributed by atoms with Crippen molar-refractivity contribution in [2.45, 2.75) is 31.6 Å². The minimum atomic E-state index is -0.474. The molecule has 0 fully saturated rings. The summed E-state index contributed by atoms with van der Waals surface area (Å²) in [5, 5.41) is 0. The van der Waals surface area contributed by atoms with E-state index in [4.69, 9.17) is 9.47 Å². The summed E-state index contributed by atoms with van der Waals surface area (Å²) in [5.74, 6) is -0.931. The van der Waals surface area contributed by atoms with E-state index in [0.717, 1.165) is 36.2 Å². The van der Waals surface area contributed by atoms with Crippen LogP contribution in [0.25, 0.3) is 0 Å². The lowest BCUT2D eigenvalue weighted by molar-refractivity contribution is -0.136. The molecule has 0 radical (unpaired) electrons. The van der Waals surface area contributed by atoms with Gasteiger partial charge in [0.15, 0.2) is 0 Å². The van der Waals surface area contributed by atoms with Crippen molar-refractivity contribution < 1.29 is 19.1 Å². The van der Waals surface area contributed by atoms with E-state index in [1.165, 1.54) is 19.8 Å². The smallest absolute Gasteiger partial charge is 0.355 e.